The maximum Gasteiger partial charge on any atom is 0.204 e. The second-order valence-corrected chi connectivity index (χ2v) is 7.10. The van der Waals surface area contributed by atoms with Crippen LogP contribution in [0.3, 0.4) is 0 Å². The third-order valence-corrected chi connectivity index (χ3v) is 4.89. The van der Waals surface area contributed by atoms with Gasteiger partial charge < -0.3 is 16.0 Å². The summed E-state index contributed by atoms with van der Waals surface area (Å²) in [5, 5.41) is 10.4. The number of amides is 1. The highest BCUT2D eigenvalue weighted by molar-refractivity contribution is 5.87. The van der Waals surface area contributed by atoms with Crippen LogP contribution in [0.15, 0.2) is 42.5 Å². The molecule has 0 fully saturated rings. The molecule has 1 aliphatic carbocycles. The lowest BCUT2D eigenvalue weighted by atomic mass is 9.95. The first-order chi connectivity index (χ1) is 15.1. The molecule has 0 atom stereocenters. The predicted octanol–water partition coefficient (Wildman–Crippen LogP) is 5.57. The number of carbonyl (C=O) groups is 1. The van der Waals surface area contributed by atoms with Gasteiger partial charge in [-0.25, -0.2) is 0 Å². The Morgan fingerprint density at radius 2 is 1.71 bits per heavy atom. The lowest BCUT2D eigenvalue weighted by Crippen LogP contribution is -2.10. The molecule has 0 unspecified atom stereocenters. The number of aryl methyl sites for hydroxylation is 1. The number of nitrogens with two attached hydrogens (primary N) is 2. The van der Waals surface area contributed by atoms with Gasteiger partial charge >= 0.3 is 0 Å². The number of aromatic nitrogens is 1. The molecular formula is C26H36N4O. The van der Waals surface area contributed by atoms with E-state index in [0.29, 0.717) is 0 Å². The summed E-state index contributed by atoms with van der Waals surface area (Å²) in [5.74, 6) is 0. The fraction of sp³-hybridized carbons (Fsp3) is 0.385. The first-order valence-electron chi connectivity index (χ1n) is 11.1. The second kappa shape index (κ2) is 13.9. The van der Waals surface area contributed by atoms with Crippen molar-refractivity contribution in [3.63, 3.8) is 0 Å². The van der Waals surface area contributed by atoms with Gasteiger partial charge in [-0.15, -0.1) is 0 Å². The number of para-hydroxylation sites is 1. The van der Waals surface area contributed by atoms with E-state index in [0.717, 1.165) is 36.2 Å². The highest BCUT2D eigenvalue weighted by Gasteiger charge is 2.20. The number of rotatable bonds is 2. The Bertz CT molecular complexity index is 999. The van der Waals surface area contributed by atoms with Crippen molar-refractivity contribution in [3.8, 4) is 6.07 Å². The van der Waals surface area contributed by atoms with Gasteiger partial charge in [-0.1, -0.05) is 52.3 Å². The van der Waals surface area contributed by atoms with Crippen LogP contribution in [0.5, 0.6) is 0 Å². The molecule has 0 saturated heterocycles. The molecular weight excluding hydrogens is 384 g/mol. The van der Waals surface area contributed by atoms with Gasteiger partial charge in [0.1, 0.15) is 0 Å². The van der Waals surface area contributed by atoms with Crippen molar-refractivity contribution in [2.45, 2.75) is 66.3 Å². The lowest BCUT2D eigenvalue weighted by Gasteiger charge is -2.16. The SMILES string of the molecule is CC.CCC.N#Cc1ccc2c(c1)c1c(n2Cc2ccccc2N)CCCC1.NC=O. The van der Waals surface area contributed by atoms with Crippen LogP contribution in [-0.2, 0) is 24.2 Å². The number of fused-ring (bicyclic) bond motifs is 3. The molecule has 4 N–H and O–H groups in total. The monoisotopic (exact) mass is 420 g/mol. The standard InChI is InChI=1S/C20H19N3.C3H8.C2H6.CH3NO/c21-12-14-9-10-20-17(11-14)16-6-2-4-8-19(16)23(20)13-15-5-1-3-7-18(15)22;1-3-2;1-2;2-1-3/h1,3,5,7,9-11H,2,4,6,8,13,22H2;3H2,1-2H3;1-2H3;1H,(H2,2,3). The third-order valence-electron chi connectivity index (χ3n) is 4.89. The van der Waals surface area contributed by atoms with Gasteiger partial charge in [0.2, 0.25) is 6.41 Å². The lowest BCUT2D eigenvalue weighted by molar-refractivity contribution is -0.106. The maximum atomic E-state index is 9.21. The zero-order chi connectivity index (χ0) is 23.2. The van der Waals surface area contributed by atoms with Crippen molar-refractivity contribution in [2.24, 2.45) is 5.73 Å². The number of nitrogen functional groups attached to an aromatic ring is 1. The van der Waals surface area contributed by atoms with Gasteiger partial charge in [-0.05, 0) is 61.1 Å². The van der Waals surface area contributed by atoms with E-state index in [1.54, 1.807) is 0 Å². The van der Waals surface area contributed by atoms with Crippen LogP contribution in [-0.4, -0.2) is 11.0 Å². The molecule has 31 heavy (non-hydrogen) atoms. The molecule has 1 aromatic heterocycles. The van der Waals surface area contributed by atoms with Crippen molar-refractivity contribution in [2.75, 3.05) is 5.73 Å². The largest absolute Gasteiger partial charge is 0.398 e. The Labute approximate surface area is 186 Å². The van der Waals surface area contributed by atoms with E-state index in [9.17, 15) is 5.26 Å². The molecule has 0 aliphatic heterocycles. The summed E-state index contributed by atoms with van der Waals surface area (Å²) in [6, 6.07) is 16.4. The number of carbonyl (C=O) groups excluding carboxylic acids is 1. The molecule has 1 amide bonds. The van der Waals surface area contributed by atoms with Crippen LogP contribution in [0, 0.1) is 11.3 Å². The molecule has 0 bridgehead atoms. The second-order valence-electron chi connectivity index (χ2n) is 7.10. The summed E-state index contributed by atoms with van der Waals surface area (Å²) in [6.07, 6.45) is 6.19. The summed E-state index contributed by atoms with van der Waals surface area (Å²) in [4.78, 5) is 8.58. The minimum absolute atomic E-state index is 0.250. The highest BCUT2D eigenvalue weighted by Crippen LogP contribution is 2.33. The Kier molecular flexibility index (Phi) is 11.5. The normalized spacial score (nSPS) is 11.3. The van der Waals surface area contributed by atoms with Gasteiger partial charge in [0.25, 0.3) is 0 Å². The van der Waals surface area contributed by atoms with E-state index in [4.69, 9.17) is 10.5 Å². The summed E-state index contributed by atoms with van der Waals surface area (Å²) in [7, 11) is 0. The number of hydrogen-bond donors (Lipinski definition) is 2. The van der Waals surface area contributed by atoms with E-state index in [2.05, 4.69) is 42.4 Å². The predicted molar refractivity (Wildman–Crippen MR) is 131 cm³/mol. The average molecular weight is 421 g/mol. The first-order valence-corrected chi connectivity index (χ1v) is 11.1. The first kappa shape index (κ1) is 25.8. The average Bonchev–Trinajstić information content (AvgIpc) is 3.11. The van der Waals surface area contributed by atoms with Gasteiger partial charge in [-0.2, -0.15) is 5.26 Å². The van der Waals surface area contributed by atoms with Crippen LogP contribution in [0.1, 0.15) is 69.3 Å². The molecule has 0 radical (unpaired) electrons. The summed E-state index contributed by atoms with van der Waals surface area (Å²) < 4.78 is 2.40. The minimum atomic E-state index is 0.250. The van der Waals surface area contributed by atoms with Gasteiger partial charge in [0.05, 0.1) is 11.6 Å². The number of benzene rings is 2. The van der Waals surface area contributed by atoms with Gasteiger partial charge in [0, 0.05) is 28.8 Å². The van der Waals surface area contributed by atoms with Crippen LogP contribution in [0.4, 0.5) is 5.69 Å². The van der Waals surface area contributed by atoms with Crippen LogP contribution >= 0.6 is 0 Å². The molecule has 5 heteroatoms. The fourth-order valence-corrected chi connectivity index (χ4v) is 3.73. The molecule has 1 aliphatic rings. The number of nitrogens with zero attached hydrogens (tertiary/aromatic N) is 2. The molecule has 0 spiro atoms. The third kappa shape index (κ3) is 6.62. The minimum Gasteiger partial charge on any atom is -0.398 e. The molecule has 5 nitrogen and oxygen atoms in total. The van der Waals surface area contributed by atoms with Crippen LogP contribution in [0.2, 0.25) is 0 Å². The number of anilines is 1. The fourth-order valence-electron chi connectivity index (χ4n) is 3.73. The van der Waals surface area contributed by atoms with Gasteiger partial charge in [0.15, 0.2) is 0 Å². The zero-order valence-corrected chi connectivity index (χ0v) is 19.3. The number of nitriles is 1. The smallest absolute Gasteiger partial charge is 0.204 e. The number of hydrogen-bond acceptors (Lipinski definition) is 3. The molecule has 166 valence electrons. The Balaban J connectivity index is 0.000000531. The van der Waals surface area contributed by atoms with Crippen LogP contribution < -0.4 is 11.5 Å². The topological polar surface area (TPSA) is 97.8 Å². The maximum absolute atomic E-state index is 9.21. The summed E-state index contributed by atoms with van der Waals surface area (Å²) >= 11 is 0. The van der Waals surface area contributed by atoms with Crippen molar-refractivity contribution < 1.29 is 4.79 Å². The molecule has 0 saturated carbocycles. The van der Waals surface area contributed by atoms with Gasteiger partial charge in [-0.3, -0.25) is 4.79 Å². The summed E-state index contributed by atoms with van der Waals surface area (Å²) in [6.45, 7) is 9.05. The van der Waals surface area contributed by atoms with E-state index in [1.807, 2.05) is 44.2 Å². The van der Waals surface area contributed by atoms with E-state index in [-0.39, 0.29) is 6.41 Å². The Morgan fingerprint density at radius 1 is 1.10 bits per heavy atom. The number of primary amides is 1. The highest BCUT2D eigenvalue weighted by atomic mass is 16.1. The van der Waals surface area contributed by atoms with Crippen LogP contribution in [0.25, 0.3) is 10.9 Å². The Hall–Kier alpha value is -3.26. The van der Waals surface area contributed by atoms with E-state index in [1.165, 1.54) is 41.4 Å². The van der Waals surface area contributed by atoms with E-state index < -0.39 is 0 Å². The molecule has 4 rings (SSSR count). The quantitative estimate of drug-likeness (QED) is 0.419. The van der Waals surface area contributed by atoms with Crippen molar-refractivity contribution in [1.82, 2.24) is 4.57 Å². The van der Waals surface area contributed by atoms with E-state index >= 15 is 0 Å². The molecule has 3 aromatic rings. The van der Waals surface area contributed by atoms with Crippen molar-refractivity contribution in [3.05, 3.63) is 64.8 Å². The Morgan fingerprint density at radius 3 is 2.32 bits per heavy atom. The van der Waals surface area contributed by atoms with Crippen molar-refractivity contribution in [1.29, 1.82) is 5.26 Å². The summed E-state index contributed by atoms with van der Waals surface area (Å²) in [5.41, 5.74) is 17.1. The van der Waals surface area contributed by atoms with Crippen molar-refractivity contribution >= 4 is 23.0 Å². The molecule has 2 aromatic carbocycles. The molecule has 1 heterocycles. The zero-order valence-electron chi connectivity index (χ0n) is 19.3.